The third-order valence-electron chi connectivity index (χ3n) is 4.74. The summed E-state index contributed by atoms with van der Waals surface area (Å²) in [4.78, 5) is 25.7. The average Bonchev–Trinajstić information content (AvgIpc) is 3.25. The predicted octanol–water partition coefficient (Wildman–Crippen LogP) is -2.61. The van der Waals surface area contributed by atoms with Gasteiger partial charge in [0.25, 0.3) is 5.56 Å². The van der Waals surface area contributed by atoms with E-state index >= 15 is 0 Å². The van der Waals surface area contributed by atoms with Gasteiger partial charge in [-0.1, -0.05) is 0 Å². The van der Waals surface area contributed by atoms with Crippen LogP contribution in [-0.2, 0) is 4.74 Å². The molecule has 0 radical (unpaired) electrons. The minimum absolute atomic E-state index is 0.184. The van der Waals surface area contributed by atoms with Gasteiger partial charge in [-0.05, 0) is 0 Å². The lowest BCUT2D eigenvalue weighted by molar-refractivity contribution is -0.0432. The zero-order chi connectivity index (χ0) is 20.1. The summed E-state index contributed by atoms with van der Waals surface area (Å²) in [6.07, 6.45) is -0.274. The third kappa shape index (κ3) is 4.48. The highest BCUT2D eigenvalue weighted by atomic mass is 16.5. The largest absolute Gasteiger partial charge is 0.394 e. The second-order valence-electron chi connectivity index (χ2n) is 6.70. The number of nitrogens with one attached hydrogen (secondary N) is 2. The number of hydrogen-bond acceptors (Lipinski definition) is 10. The molecule has 0 saturated carbocycles. The molecular formula is C16H28N8O4. The molecule has 8 N–H and O–H groups in total. The van der Waals surface area contributed by atoms with Gasteiger partial charge < -0.3 is 31.7 Å². The molecule has 1 aliphatic rings. The van der Waals surface area contributed by atoms with E-state index in [4.69, 9.17) is 16.2 Å². The summed E-state index contributed by atoms with van der Waals surface area (Å²) < 4.78 is 7.24. The molecule has 0 aliphatic carbocycles. The number of rotatable bonds is 10. The van der Waals surface area contributed by atoms with Crippen LogP contribution in [0.15, 0.2) is 11.1 Å². The van der Waals surface area contributed by atoms with E-state index in [9.17, 15) is 15.0 Å². The number of fused-ring (bicyclic) bond motifs is 1. The summed E-state index contributed by atoms with van der Waals surface area (Å²) in [7, 11) is 0. The van der Waals surface area contributed by atoms with Crippen LogP contribution in [0, 0.1) is 0 Å². The molecule has 1 fully saturated rings. The number of aliphatic hydroxyl groups excluding tert-OH is 2. The van der Waals surface area contributed by atoms with Crippen molar-refractivity contribution in [2.45, 2.75) is 24.9 Å². The highest BCUT2D eigenvalue weighted by molar-refractivity contribution is 5.70. The van der Waals surface area contributed by atoms with Gasteiger partial charge in [0.2, 0.25) is 5.95 Å². The molecule has 12 heteroatoms. The molecule has 12 nitrogen and oxygen atoms in total. The maximum absolute atomic E-state index is 12.3. The number of aromatic amines is 1. The lowest BCUT2D eigenvalue weighted by Gasteiger charge is -2.20. The number of anilines is 1. The molecule has 3 heterocycles. The first kappa shape index (κ1) is 20.6. The van der Waals surface area contributed by atoms with Crippen molar-refractivity contribution in [3.8, 4) is 0 Å². The number of nitrogens with zero attached hydrogens (tertiary/aromatic N) is 4. The zero-order valence-electron chi connectivity index (χ0n) is 15.6. The Morgan fingerprint density at radius 3 is 2.75 bits per heavy atom. The smallest absolute Gasteiger partial charge is 0.280 e. The molecule has 0 unspecified atom stereocenters. The minimum Gasteiger partial charge on any atom is -0.394 e. The Kier molecular flexibility index (Phi) is 6.93. The van der Waals surface area contributed by atoms with Gasteiger partial charge in [0, 0.05) is 45.7 Å². The number of aromatic nitrogens is 4. The van der Waals surface area contributed by atoms with Crippen molar-refractivity contribution >= 4 is 17.1 Å². The summed E-state index contributed by atoms with van der Waals surface area (Å²) >= 11 is 0. The quantitative estimate of drug-likeness (QED) is 0.249. The van der Waals surface area contributed by atoms with E-state index in [2.05, 4.69) is 25.2 Å². The Hall–Kier alpha value is -2.09. The Morgan fingerprint density at radius 2 is 2.11 bits per heavy atom. The van der Waals surface area contributed by atoms with Crippen LogP contribution in [0.25, 0.3) is 11.2 Å². The van der Waals surface area contributed by atoms with Gasteiger partial charge in [-0.2, -0.15) is 4.98 Å². The molecule has 0 amide bonds. The number of aliphatic hydroxyl groups is 2. The fourth-order valence-corrected chi connectivity index (χ4v) is 3.30. The molecule has 2 aromatic rings. The summed E-state index contributed by atoms with van der Waals surface area (Å²) in [6, 6.07) is 0. The van der Waals surface area contributed by atoms with Crippen molar-refractivity contribution in [3.63, 3.8) is 0 Å². The molecule has 3 rings (SSSR count). The summed E-state index contributed by atoms with van der Waals surface area (Å²) in [5.41, 5.74) is 11.4. The average molecular weight is 396 g/mol. The van der Waals surface area contributed by atoms with E-state index in [1.807, 2.05) is 0 Å². The SMILES string of the molecule is NCCN(CCN)CCNc1nc2c(ncn2[C@H]2C[C@H](O)[C@@H](CO)O2)c(=O)[nH]1. The van der Waals surface area contributed by atoms with Crippen molar-refractivity contribution in [2.24, 2.45) is 11.5 Å². The third-order valence-corrected chi connectivity index (χ3v) is 4.74. The number of ether oxygens (including phenoxy) is 1. The van der Waals surface area contributed by atoms with Gasteiger partial charge in [0.15, 0.2) is 11.2 Å². The van der Waals surface area contributed by atoms with E-state index < -0.39 is 18.4 Å². The number of nitrogens with two attached hydrogens (primary N) is 2. The van der Waals surface area contributed by atoms with E-state index in [-0.39, 0.29) is 24.1 Å². The fraction of sp³-hybridized carbons (Fsp3) is 0.688. The maximum Gasteiger partial charge on any atom is 0.280 e. The van der Waals surface area contributed by atoms with Gasteiger partial charge in [0.05, 0.1) is 19.0 Å². The molecule has 1 saturated heterocycles. The summed E-state index contributed by atoms with van der Waals surface area (Å²) in [5, 5.41) is 22.3. The van der Waals surface area contributed by atoms with Crippen LogP contribution in [0.2, 0.25) is 0 Å². The number of H-pyrrole nitrogens is 1. The first-order valence-corrected chi connectivity index (χ1v) is 9.35. The van der Waals surface area contributed by atoms with Crippen LogP contribution in [0.4, 0.5) is 5.95 Å². The molecule has 0 bridgehead atoms. The van der Waals surface area contributed by atoms with Gasteiger partial charge in [0.1, 0.15) is 12.3 Å². The monoisotopic (exact) mass is 396 g/mol. The van der Waals surface area contributed by atoms with E-state index in [1.54, 1.807) is 4.57 Å². The minimum atomic E-state index is -0.789. The fourth-order valence-electron chi connectivity index (χ4n) is 3.30. The first-order chi connectivity index (χ1) is 13.6. The highest BCUT2D eigenvalue weighted by Crippen LogP contribution is 2.30. The van der Waals surface area contributed by atoms with Crippen molar-refractivity contribution < 1.29 is 14.9 Å². The maximum atomic E-state index is 12.3. The lowest BCUT2D eigenvalue weighted by atomic mass is 10.2. The van der Waals surface area contributed by atoms with Crippen LogP contribution in [0.1, 0.15) is 12.6 Å². The normalized spacial score (nSPS) is 22.4. The molecule has 3 atom stereocenters. The topological polar surface area (TPSA) is 181 Å². The van der Waals surface area contributed by atoms with Gasteiger partial charge in [-0.25, -0.2) is 4.98 Å². The van der Waals surface area contributed by atoms with Crippen LogP contribution < -0.4 is 22.3 Å². The molecule has 28 heavy (non-hydrogen) atoms. The predicted molar refractivity (Wildman–Crippen MR) is 103 cm³/mol. The van der Waals surface area contributed by atoms with E-state index in [1.165, 1.54) is 6.33 Å². The van der Waals surface area contributed by atoms with Gasteiger partial charge >= 0.3 is 0 Å². The Morgan fingerprint density at radius 1 is 1.36 bits per heavy atom. The summed E-state index contributed by atoms with van der Waals surface area (Å²) in [6.45, 7) is 3.53. The van der Waals surface area contributed by atoms with Crippen molar-refractivity contribution in [1.82, 2.24) is 24.4 Å². The summed E-state index contributed by atoms with van der Waals surface area (Å²) in [5.74, 6) is 0.317. The Bertz CT molecular complexity index is 819. The molecule has 156 valence electrons. The second kappa shape index (κ2) is 9.41. The van der Waals surface area contributed by atoms with E-state index in [0.29, 0.717) is 37.8 Å². The number of imidazole rings is 1. The highest BCUT2D eigenvalue weighted by Gasteiger charge is 2.35. The van der Waals surface area contributed by atoms with Gasteiger partial charge in [-0.15, -0.1) is 0 Å². The van der Waals surface area contributed by atoms with Crippen LogP contribution in [0.5, 0.6) is 0 Å². The molecule has 0 aromatic carbocycles. The molecule has 2 aromatic heterocycles. The Balaban J connectivity index is 1.74. The molecule has 1 aliphatic heterocycles. The zero-order valence-corrected chi connectivity index (χ0v) is 15.6. The van der Waals surface area contributed by atoms with Crippen molar-refractivity contribution in [2.75, 3.05) is 51.2 Å². The Labute approximate surface area is 161 Å². The first-order valence-electron chi connectivity index (χ1n) is 9.35. The van der Waals surface area contributed by atoms with E-state index in [0.717, 1.165) is 13.1 Å². The molecule has 0 spiro atoms. The standard InChI is InChI=1S/C16H28N8O4/c17-1-4-23(5-2-18)6-3-19-16-21-14-13(15(27)22-16)20-9-24(14)12-7-10(26)11(8-25)28-12/h9-12,25-26H,1-8,17-18H2,(H2,19,21,22,27)/t10-,11+,12+/m0/s1. The van der Waals surface area contributed by atoms with Gasteiger partial charge in [-0.3, -0.25) is 19.2 Å². The van der Waals surface area contributed by atoms with Crippen molar-refractivity contribution in [3.05, 3.63) is 16.7 Å². The van der Waals surface area contributed by atoms with Crippen LogP contribution in [0.3, 0.4) is 0 Å². The number of hydrogen-bond donors (Lipinski definition) is 6. The molecular weight excluding hydrogens is 368 g/mol. The van der Waals surface area contributed by atoms with Crippen LogP contribution >= 0.6 is 0 Å². The van der Waals surface area contributed by atoms with Crippen LogP contribution in [-0.4, -0.2) is 92.7 Å². The second-order valence-corrected chi connectivity index (χ2v) is 6.70. The lowest BCUT2D eigenvalue weighted by Crippen LogP contribution is -2.37. The van der Waals surface area contributed by atoms with Crippen molar-refractivity contribution in [1.29, 1.82) is 0 Å².